The topological polar surface area (TPSA) is 33.9 Å². The van der Waals surface area contributed by atoms with Crippen molar-refractivity contribution in [1.29, 1.82) is 0 Å². The molecule has 0 aromatic heterocycles. The van der Waals surface area contributed by atoms with Crippen LogP contribution in [-0.4, -0.2) is 37.5 Å². The van der Waals surface area contributed by atoms with Crippen molar-refractivity contribution in [2.45, 2.75) is 25.9 Å². The first kappa shape index (κ1) is 15.5. The van der Waals surface area contributed by atoms with Crippen molar-refractivity contribution < 1.29 is 19.1 Å². The van der Waals surface area contributed by atoms with Crippen LogP contribution in [-0.2, 0) is 0 Å². The van der Waals surface area contributed by atoms with Crippen molar-refractivity contribution in [2.75, 3.05) is 26.2 Å². The van der Waals surface area contributed by atoms with Crippen molar-refractivity contribution in [3.8, 4) is 5.75 Å². The fourth-order valence-corrected chi connectivity index (χ4v) is 2.98. The standard InChI is InChI=1S/C15H21ClFNO2/c1-11-3-2-6-18(8-11)9-13(19)10-20-15-5-4-12(17)7-14(15)16/h4-5,7,11,13,19H,2-3,6,8-10H2,1H3/p+1/t11-,13-/m0/s1. The number of aliphatic hydroxyl groups is 1. The first-order valence-electron chi connectivity index (χ1n) is 7.14. The van der Waals surface area contributed by atoms with Crippen molar-refractivity contribution in [1.82, 2.24) is 0 Å². The van der Waals surface area contributed by atoms with Crippen LogP contribution < -0.4 is 9.64 Å². The average molecular weight is 303 g/mol. The van der Waals surface area contributed by atoms with Crippen LogP contribution in [0.4, 0.5) is 4.39 Å². The molecular formula is C15H22ClFNO2+. The maximum atomic E-state index is 12.9. The van der Waals surface area contributed by atoms with Crippen molar-refractivity contribution in [3.05, 3.63) is 29.0 Å². The SMILES string of the molecule is C[C@H]1CCC[NH+](C[C@H](O)COc2ccc(F)cc2Cl)C1. The molecule has 20 heavy (non-hydrogen) atoms. The average Bonchev–Trinajstić information content (AvgIpc) is 2.37. The number of rotatable bonds is 5. The lowest BCUT2D eigenvalue weighted by Crippen LogP contribution is -3.14. The van der Waals surface area contributed by atoms with Crippen molar-refractivity contribution in [3.63, 3.8) is 0 Å². The summed E-state index contributed by atoms with van der Waals surface area (Å²) in [5.41, 5.74) is 0. The minimum Gasteiger partial charge on any atom is -0.489 e. The number of ether oxygens (including phenoxy) is 1. The molecule has 112 valence electrons. The fraction of sp³-hybridized carbons (Fsp3) is 0.600. The van der Waals surface area contributed by atoms with Gasteiger partial charge < -0.3 is 14.7 Å². The molecule has 1 aliphatic heterocycles. The number of quaternary nitrogens is 1. The molecule has 0 radical (unpaired) electrons. The van der Waals surface area contributed by atoms with Gasteiger partial charge in [-0.05, 0) is 31.0 Å². The Labute approximate surface area is 124 Å². The first-order chi connectivity index (χ1) is 9.54. The van der Waals surface area contributed by atoms with E-state index in [1.165, 1.54) is 35.9 Å². The van der Waals surface area contributed by atoms with Crippen molar-refractivity contribution >= 4 is 11.6 Å². The lowest BCUT2D eigenvalue weighted by atomic mass is 10.0. The van der Waals surface area contributed by atoms with Crippen LogP contribution >= 0.6 is 11.6 Å². The highest BCUT2D eigenvalue weighted by atomic mass is 35.5. The highest BCUT2D eigenvalue weighted by Gasteiger charge is 2.22. The molecule has 1 aliphatic rings. The zero-order chi connectivity index (χ0) is 14.5. The minimum atomic E-state index is -0.531. The Morgan fingerprint density at radius 2 is 2.35 bits per heavy atom. The molecule has 2 rings (SSSR count). The summed E-state index contributed by atoms with van der Waals surface area (Å²) in [6.45, 7) is 5.33. The molecule has 0 saturated carbocycles. The summed E-state index contributed by atoms with van der Waals surface area (Å²) in [7, 11) is 0. The van der Waals surface area contributed by atoms with Gasteiger partial charge in [0.1, 0.15) is 30.8 Å². The van der Waals surface area contributed by atoms with E-state index in [0.717, 1.165) is 19.0 Å². The zero-order valence-corrected chi connectivity index (χ0v) is 12.5. The second-order valence-electron chi connectivity index (χ2n) is 5.70. The molecule has 5 heteroatoms. The van der Waals surface area contributed by atoms with Crippen LogP contribution in [0.15, 0.2) is 18.2 Å². The largest absolute Gasteiger partial charge is 0.489 e. The number of halogens is 2. The molecule has 1 aromatic carbocycles. The Bertz CT molecular complexity index is 444. The lowest BCUT2D eigenvalue weighted by molar-refractivity contribution is -0.911. The summed E-state index contributed by atoms with van der Waals surface area (Å²) in [4.78, 5) is 1.42. The summed E-state index contributed by atoms with van der Waals surface area (Å²) < 4.78 is 18.4. The third kappa shape index (κ3) is 4.62. The number of benzene rings is 1. The Hall–Kier alpha value is -0.840. The summed E-state index contributed by atoms with van der Waals surface area (Å²) in [5, 5.41) is 10.3. The van der Waals surface area contributed by atoms with E-state index in [4.69, 9.17) is 16.3 Å². The second kappa shape index (κ2) is 7.25. The summed E-state index contributed by atoms with van der Waals surface area (Å²) >= 11 is 5.87. The minimum absolute atomic E-state index is 0.184. The smallest absolute Gasteiger partial charge is 0.138 e. The van der Waals surface area contributed by atoms with Crippen LogP contribution in [0.25, 0.3) is 0 Å². The van der Waals surface area contributed by atoms with Gasteiger partial charge >= 0.3 is 0 Å². The number of aliphatic hydroxyl groups excluding tert-OH is 1. The van der Waals surface area contributed by atoms with Gasteiger partial charge in [0, 0.05) is 5.92 Å². The highest BCUT2D eigenvalue weighted by molar-refractivity contribution is 6.32. The molecule has 0 aliphatic carbocycles. The van der Waals surface area contributed by atoms with Gasteiger partial charge in [-0.15, -0.1) is 0 Å². The van der Waals surface area contributed by atoms with Crippen LogP contribution in [0, 0.1) is 11.7 Å². The molecule has 0 bridgehead atoms. The number of piperidine rings is 1. The predicted molar refractivity (Wildman–Crippen MR) is 76.9 cm³/mol. The highest BCUT2D eigenvalue weighted by Crippen LogP contribution is 2.24. The van der Waals surface area contributed by atoms with Crippen LogP contribution in [0.1, 0.15) is 19.8 Å². The van der Waals surface area contributed by atoms with Gasteiger partial charge in [0.2, 0.25) is 0 Å². The molecular weight excluding hydrogens is 281 g/mol. The van der Waals surface area contributed by atoms with Crippen LogP contribution in [0.2, 0.25) is 5.02 Å². The van der Waals surface area contributed by atoms with Gasteiger partial charge in [0.15, 0.2) is 0 Å². The van der Waals surface area contributed by atoms with Crippen LogP contribution in [0.5, 0.6) is 5.75 Å². The number of hydrogen-bond acceptors (Lipinski definition) is 2. The van der Waals surface area contributed by atoms with E-state index < -0.39 is 11.9 Å². The molecule has 2 N–H and O–H groups in total. The fourth-order valence-electron chi connectivity index (χ4n) is 2.75. The maximum Gasteiger partial charge on any atom is 0.138 e. The second-order valence-corrected chi connectivity index (χ2v) is 6.10. The lowest BCUT2D eigenvalue weighted by Gasteiger charge is -2.29. The molecule has 0 amide bonds. The molecule has 1 fully saturated rings. The maximum absolute atomic E-state index is 12.9. The molecule has 1 unspecified atom stereocenters. The van der Waals surface area contributed by atoms with Gasteiger partial charge in [0.05, 0.1) is 18.1 Å². The monoisotopic (exact) mass is 302 g/mol. The first-order valence-corrected chi connectivity index (χ1v) is 7.52. The number of likely N-dealkylation sites (tertiary alicyclic amines) is 1. The molecule has 0 spiro atoms. The van der Waals surface area contributed by atoms with E-state index in [9.17, 15) is 9.50 Å². The van der Waals surface area contributed by atoms with Gasteiger partial charge in [0.25, 0.3) is 0 Å². The summed E-state index contributed by atoms with van der Waals surface area (Å²) in [5.74, 6) is 0.738. The van der Waals surface area contributed by atoms with Gasteiger partial charge in [-0.2, -0.15) is 0 Å². The van der Waals surface area contributed by atoms with Gasteiger partial charge in [-0.3, -0.25) is 0 Å². The Balaban J connectivity index is 1.78. The molecule has 3 atom stereocenters. The summed E-state index contributed by atoms with van der Waals surface area (Å²) in [6.07, 6.45) is 1.96. The molecule has 1 saturated heterocycles. The van der Waals surface area contributed by atoms with E-state index in [2.05, 4.69) is 6.92 Å². The molecule has 1 aromatic rings. The predicted octanol–water partition coefficient (Wildman–Crippen LogP) is 1.53. The Kier molecular flexibility index (Phi) is 5.64. The van der Waals surface area contributed by atoms with Gasteiger partial charge in [-0.1, -0.05) is 18.5 Å². The van der Waals surface area contributed by atoms with Gasteiger partial charge in [-0.25, -0.2) is 4.39 Å². The van der Waals surface area contributed by atoms with E-state index >= 15 is 0 Å². The van der Waals surface area contributed by atoms with E-state index in [1.807, 2.05) is 0 Å². The van der Waals surface area contributed by atoms with E-state index in [0.29, 0.717) is 12.3 Å². The quantitative estimate of drug-likeness (QED) is 0.865. The van der Waals surface area contributed by atoms with Crippen LogP contribution in [0.3, 0.4) is 0 Å². The Morgan fingerprint density at radius 1 is 1.55 bits per heavy atom. The Morgan fingerprint density at radius 3 is 3.05 bits per heavy atom. The number of nitrogens with one attached hydrogen (secondary N) is 1. The third-order valence-corrected chi connectivity index (χ3v) is 4.01. The summed E-state index contributed by atoms with van der Waals surface area (Å²) in [6, 6.07) is 3.99. The van der Waals surface area contributed by atoms with E-state index in [-0.39, 0.29) is 11.6 Å². The normalized spacial score (nSPS) is 24.4. The number of hydrogen-bond donors (Lipinski definition) is 2. The van der Waals surface area contributed by atoms with E-state index in [1.54, 1.807) is 0 Å². The zero-order valence-electron chi connectivity index (χ0n) is 11.7. The molecule has 3 nitrogen and oxygen atoms in total. The third-order valence-electron chi connectivity index (χ3n) is 3.71. The molecule has 1 heterocycles. The van der Waals surface area contributed by atoms with Crippen molar-refractivity contribution in [2.24, 2.45) is 5.92 Å².